The predicted octanol–water partition coefficient (Wildman–Crippen LogP) is 2.54. The van der Waals surface area contributed by atoms with Gasteiger partial charge in [0.25, 0.3) is 5.89 Å². The molecular formula is C14H19N3O. The van der Waals surface area contributed by atoms with Crippen LogP contribution in [-0.4, -0.2) is 35.7 Å². The molecule has 2 aromatic rings. The van der Waals surface area contributed by atoms with Crippen LogP contribution in [0.3, 0.4) is 0 Å². The minimum absolute atomic E-state index is 0.618. The molecule has 0 aliphatic carbocycles. The number of hydrogen-bond acceptors (Lipinski definition) is 4. The van der Waals surface area contributed by atoms with Gasteiger partial charge in [-0.3, -0.25) is 0 Å². The Morgan fingerprint density at radius 3 is 2.67 bits per heavy atom. The minimum atomic E-state index is 0.618. The number of hydrogen-bond donors (Lipinski definition) is 0. The van der Waals surface area contributed by atoms with Crippen LogP contribution in [0.5, 0.6) is 0 Å². The summed E-state index contributed by atoms with van der Waals surface area (Å²) in [7, 11) is 4.18. The fraction of sp³-hybridized carbons (Fsp3) is 0.429. The lowest BCUT2D eigenvalue weighted by Gasteiger charge is -2.10. The van der Waals surface area contributed by atoms with Crippen molar-refractivity contribution in [1.82, 2.24) is 15.0 Å². The van der Waals surface area contributed by atoms with Gasteiger partial charge in [0, 0.05) is 5.56 Å². The van der Waals surface area contributed by atoms with E-state index in [0.717, 1.165) is 24.9 Å². The highest BCUT2D eigenvalue weighted by atomic mass is 16.5. The Morgan fingerprint density at radius 2 is 2.00 bits per heavy atom. The monoisotopic (exact) mass is 245 g/mol. The summed E-state index contributed by atoms with van der Waals surface area (Å²) in [5.74, 6) is 1.29. The van der Waals surface area contributed by atoms with E-state index in [1.54, 1.807) is 0 Å². The number of nitrogens with zero attached hydrogens (tertiary/aromatic N) is 3. The molecule has 0 radical (unpaired) electrons. The molecule has 2 rings (SSSR count). The summed E-state index contributed by atoms with van der Waals surface area (Å²) in [6.45, 7) is 2.92. The number of aromatic nitrogens is 2. The second-order valence-electron chi connectivity index (χ2n) is 4.71. The molecule has 0 aliphatic rings. The summed E-state index contributed by atoms with van der Waals surface area (Å²) in [4.78, 5) is 6.49. The summed E-state index contributed by atoms with van der Waals surface area (Å²) < 4.78 is 5.25. The van der Waals surface area contributed by atoms with Gasteiger partial charge in [0.15, 0.2) is 5.82 Å². The minimum Gasteiger partial charge on any atom is -0.334 e. The quantitative estimate of drug-likeness (QED) is 0.811. The molecule has 0 amide bonds. The third kappa shape index (κ3) is 3.17. The fourth-order valence-electron chi connectivity index (χ4n) is 1.94. The van der Waals surface area contributed by atoms with Crippen molar-refractivity contribution in [2.45, 2.75) is 19.8 Å². The lowest BCUT2D eigenvalue weighted by atomic mass is 10.0. The molecule has 0 N–H and O–H groups in total. The SMILES string of the molecule is Cc1noc(-c2ccccc2CCCN(C)C)n1. The van der Waals surface area contributed by atoms with Crippen molar-refractivity contribution >= 4 is 0 Å². The summed E-state index contributed by atoms with van der Waals surface area (Å²) in [6.07, 6.45) is 2.15. The van der Waals surface area contributed by atoms with E-state index in [0.29, 0.717) is 11.7 Å². The molecule has 1 aromatic heterocycles. The van der Waals surface area contributed by atoms with Crippen molar-refractivity contribution in [3.63, 3.8) is 0 Å². The van der Waals surface area contributed by atoms with Gasteiger partial charge in [-0.25, -0.2) is 0 Å². The van der Waals surface area contributed by atoms with E-state index in [2.05, 4.69) is 41.3 Å². The summed E-state index contributed by atoms with van der Waals surface area (Å²) in [5, 5.41) is 3.85. The molecule has 18 heavy (non-hydrogen) atoms. The van der Waals surface area contributed by atoms with Crippen molar-refractivity contribution in [3.8, 4) is 11.5 Å². The average molecular weight is 245 g/mol. The highest BCUT2D eigenvalue weighted by Crippen LogP contribution is 2.22. The Labute approximate surface area is 108 Å². The maximum absolute atomic E-state index is 5.25. The van der Waals surface area contributed by atoms with Crippen molar-refractivity contribution in [2.24, 2.45) is 0 Å². The first-order valence-corrected chi connectivity index (χ1v) is 6.20. The van der Waals surface area contributed by atoms with Crippen LogP contribution in [0.1, 0.15) is 17.8 Å². The van der Waals surface area contributed by atoms with Gasteiger partial charge in [0.2, 0.25) is 0 Å². The van der Waals surface area contributed by atoms with Crippen LogP contribution in [-0.2, 0) is 6.42 Å². The van der Waals surface area contributed by atoms with Crippen LogP contribution in [0, 0.1) is 6.92 Å². The average Bonchev–Trinajstić information content (AvgIpc) is 2.76. The van der Waals surface area contributed by atoms with E-state index in [1.165, 1.54) is 5.56 Å². The molecule has 0 atom stereocenters. The van der Waals surface area contributed by atoms with E-state index in [1.807, 2.05) is 19.1 Å². The molecule has 0 aliphatic heterocycles. The summed E-state index contributed by atoms with van der Waals surface area (Å²) >= 11 is 0. The van der Waals surface area contributed by atoms with E-state index in [4.69, 9.17) is 4.52 Å². The molecule has 0 unspecified atom stereocenters. The van der Waals surface area contributed by atoms with Gasteiger partial charge >= 0.3 is 0 Å². The van der Waals surface area contributed by atoms with E-state index >= 15 is 0 Å². The van der Waals surface area contributed by atoms with E-state index in [9.17, 15) is 0 Å². The Kier molecular flexibility index (Phi) is 4.10. The normalized spacial score (nSPS) is 11.1. The maximum atomic E-state index is 5.25. The van der Waals surface area contributed by atoms with Gasteiger partial charge in [-0.05, 0) is 52.0 Å². The van der Waals surface area contributed by atoms with Gasteiger partial charge in [-0.1, -0.05) is 23.4 Å². The second kappa shape index (κ2) is 5.78. The first-order chi connectivity index (χ1) is 8.66. The molecule has 96 valence electrons. The van der Waals surface area contributed by atoms with Gasteiger partial charge < -0.3 is 9.42 Å². The van der Waals surface area contributed by atoms with Gasteiger partial charge in [0.1, 0.15) is 0 Å². The number of aryl methyl sites for hydroxylation is 2. The number of rotatable bonds is 5. The Morgan fingerprint density at radius 1 is 1.22 bits per heavy atom. The van der Waals surface area contributed by atoms with Crippen molar-refractivity contribution in [2.75, 3.05) is 20.6 Å². The fourth-order valence-corrected chi connectivity index (χ4v) is 1.94. The molecule has 4 nitrogen and oxygen atoms in total. The topological polar surface area (TPSA) is 42.2 Å². The third-order valence-electron chi connectivity index (χ3n) is 2.83. The van der Waals surface area contributed by atoms with Gasteiger partial charge in [-0.2, -0.15) is 4.98 Å². The Bertz CT molecular complexity index is 505. The summed E-state index contributed by atoms with van der Waals surface area (Å²) in [5.41, 5.74) is 2.32. The van der Waals surface area contributed by atoms with Crippen LogP contribution in [0.2, 0.25) is 0 Å². The molecule has 0 bridgehead atoms. The molecule has 0 saturated carbocycles. The van der Waals surface area contributed by atoms with Crippen LogP contribution < -0.4 is 0 Å². The lowest BCUT2D eigenvalue weighted by Crippen LogP contribution is -2.13. The van der Waals surface area contributed by atoms with Gasteiger partial charge in [0.05, 0.1) is 0 Å². The maximum Gasteiger partial charge on any atom is 0.258 e. The molecule has 1 heterocycles. The molecule has 1 aromatic carbocycles. The zero-order valence-electron chi connectivity index (χ0n) is 11.2. The van der Waals surface area contributed by atoms with E-state index < -0.39 is 0 Å². The second-order valence-corrected chi connectivity index (χ2v) is 4.71. The van der Waals surface area contributed by atoms with Crippen LogP contribution >= 0.6 is 0 Å². The Hall–Kier alpha value is -1.68. The van der Waals surface area contributed by atoms with Crippen LogP contribution in [0.25, 0.3) is 11.5 Å². The van der Waals surface area contributed by atoms with Crippen LogP contribution in [0.15, 0.2) is 28.8 Å². The van der Waals surface area contributed by atoms with E-state index in [-0.39, 0.29) is 0 Å². The highest BCUT2D eigenvalue weighted by molar-refractivity contribution is 5.58. The first kappa shape index (κ1) is 12.8. The Balaban J connectivity index is 2.15. The van der Waals surface area contributed by atoms with Crippen molar-refractivity contribution in [3.05, 3.63) is 35.7 Å². The molecule has 4 heteroatoms. The third-order valence-corrected chi connectivity index (χ3v) is 2.83. The first-order valence-electron chi connectivity index (χ1n) is 6.20. The molecule has 0 saturated heterocycles. The predicted molar refractivity (Wildman–Crippen MR) is 71.3 cm³/mol. The number of benzene rings is 1. The lowest BCUT2D eigenvalue weighted by molar-refractivity contribution is 0.400. The zero-order chi connectivity index (χ0) is 13.0. The summed E-state index contributed by atoms with van der Waals surface area (Å²) in [6, 6.07) is 8.23. The van der Waals surface area contributed by atoms with Crippen LogP contribution in [0.4, 0.5) is 0 Å². The zero-order valence-corrected chi connectivity index (χ0v) is 11.2. The highest BCUT2D eigenvalue weighted by Gasteiger charge is 2.10. The van der Waals surface area contributed by atoms with Crippen molar-refractivity contribution in [1.29, 1.82) is 0 Å². The largest absolute Gasteiger partial charge is 0.334 e. The smallest absolute Gasteiger partial charge is 0.258 e. The standard InChI is InChI=1S/C14H19N3O/c1-11-15-14(18-16-11)13-9-5-4-7-12(13)8-6-10-17(2)3/h4-5,7,9H,6,8,10H2,1-3H3. The molecular weight excluding hydrogens is 226 g/mol. The molecule has 0 fully saturated rings. The molecule has 0 spiro atoms. The van der Waals surface area contributed by atoms with Gasteiger partial charge in [-0.15, -0.1) is 0 Å². The van der Waals surface area contributed by atoms with Crippen molar-refractivity contribution < 1.29 is 4.52 Å².